The van der Waals surface area contributed by atoms with Crippen LogP contribution in [0.25, 0.3) is 0 Å². The minimum atomic E-state index is -0.0179. The zero-order valence-electron chi connectivity index (χ0n) is 18.1. The van der Waals surface area contributed by atoms with Crippen LogP contribution in [0.3, 0.4) is 0 Å². The van der Waals surface area contributed by atoms with E-state index >= 15 is 0 Å². The Kier molecular flexibility index (Phi) is 8.77. The van der Waals surface area contributed by atoms with Crippen LogP contribution in [0.5, 0.6) is 0 Å². The predicted octanol–water partition coefficient (Wildman–Crippen LogP) is 2.75. The fraction of sp³-hybridized carbons (Fsp3) is 0.636. The first-order valence-electron chi connectivity index (χ1n) is 10.5. The molecule has 1 aliphatic rings. The van der Waals surface area contributed by atoms with Crippen molar-refractivity contribution in [2.45, 2.75) is 71.6 Å². The lowest BCUT2D eigenvalue weighted by Gasteiger charge is -2.35. The number of hydrogen-bond acceptors (Lipinski definition) is 3. The second-order valence-corrected chi connectivity index (χ2v) is 7.96. The number of aliphatic imine (C=N–C) groups is 1. The van der Waals surface area contributed by atoms with E-state index in [4.69, 9.17) is 0 Å². The molecule has 1 fully saturated rings. The summed E-state index contributed by atoms with van der Waals surface area (Å²) >= 11 is 0. The summed E-state index contributed by atoms with van der Waals surface area (Å²) in [5, 5.41) is 9.93. The zero-order chi connectivity index (χ0) is 20.5. The van der Waals surface area contributed by atoms with E-state index in [2.05, 4.69) is 46.6 Å². The normalized spacial score (nSPS) is 17.4. The van der Waals surface area contributed by atoms with Gasteiger partial charge in [-0.15, -0.1) is 0 Å². The highest BCUT2D eigenvalue weighted by atomic mass is 16.1. The molecule has 1 amide bonds. The van der Waals surface area contributed by atoms with Gasteiger partial charge in [0.25, 0.3) is 5.91 Å². The van der Waals surface area contributed by atoms with Crippen molar-refractivity contribution >= 4 is 11.9 Å². The van der Waals surface area contributed by atoms with E-state index in [1.807, 2.05) is 31.2 Å². The second kappa shape index (κ2) is 11.1. The summed E-state index contributed by atoms with van der Waals surface area (Å²) < 4.78 is 0. The van der Waals surface area contributed by atoms with Crippen molar-refractivity contribution in [3.05, 3.63) is 35.4 Å². The molecular weight excluding hydrogens is 350 g/mol. The number of carbonyl (C=O) groups is 1. The lowest BCUT2D eigenvalue weighted by molar-refractivity contribution is 0.0939. The van der Waals surface area contributed by atoms with Crippen molar-refractivity contribution in [2.75, 3.05) is 20.1 Å². The lowest BCUT2D eigenvalue weighted by Crippen LogP contribution is -2.49. The van der Waals surface area contributed by atoms with Gasteiger partial charge in [-0.25, -0.2) is 0 Å². The maximum atomic E-state index is 12.3. The Morgan fingerprint density at radius 2 is 1.96 bits per heavy atom. The van der Waals surface area contributed by atoms with Gasteiger partial charge in [-0.1, -0.05) is 19.1 Å². The third-order valence-corrected chi connectivity index (χ3v) is 5.46. The summed E-state index contributed by atoms with van der Waals surface area (Å²) in [6.45, 7) is 11.5. The van der Waals surface area contributed by atoms with Crippen LogP contribution in [0, 0.1) is 0 Å². The fourth-order valence-corrected chi connectivity index (χ4v) is 3.37. The summed E-state index contributed by atoms with van der Waals surface area (Å²) in [5.41, 5.74) is 1.76. The van der Waals surface area contributed by atoms with Crippen LogP contribution in [-0.2, 0) is 6.54 Å². The maximum absolute atomic E-state index is 12.3. The van der Waals surface area contributed by atoms with Crippen molar-refractivity contribution < 1.29 is 4.79 Å². The SMILES string of the molecule is CCC(C)NC(=O)c1cccc(CNC(=NC)NC2CCN(C(C)C)CC2)c1. The molecule has 156 valence electrons. The molecular formula is C22H37N5O. The van der Waals surface area contributed by atoms with Crippen LogP contribution in [0.4, 0.5) is 0 Å². The van der Waals surface area contributed by atoms with Gasteiger partial charge in [0, 0.05) is 50.4 Å². The third-order valence-electron chi connectivity index (χ3n) is 5.46. The number of guanidine groups is 1. The molecule has 1 aromatic rings. The summed E-state index contributed by atoms with van der Waals surface area (Å²) in [6.07, 6.45) is 3.18. The van der Waals surface area contributed by atoms with E-state index in [-0.39, 0.29) is 11.9 Å². The standard InChI is InChI=1S/C22H37N5O/c1-6-17(4)25-21(28)19-9-7-8-18(14-19)15-24-22(23-5)26-20-10-12-27(13-11-20)16(2)3/h7-9,14,16-17,20H,6,10-13,15H2,1-5H3,(H,25,28)(H2,23,24,26). The van der Waals surface area contributed by atoms with E-state index in [0.29, 0.717) is 24.2 Å². The van der Waals surface area contributed by atoms with Gasteiger partial charge in [-0.3, -0.25) is 9.79 Å². The Bertz CT molecular complexity index is 650. The van der Waals surface area contributed by atoms with Gasteiger partial charge >= 0.3 is 0 Å². The van der Waals surface area contributed by atoms with Crippen LogP contribution < -0.4 is 16.0 Å². The topological polar surface area (TPSA) is 68.8 Å². The number of amides is 1. The van der Waals surface area contributed by atoms with Crippen LogP contribution in [0.2, 0.25) is 0 Å². The van der Waals surface area contributed by atoms with Crippen molar-refractivity contribution in [1.82, 2.24) is 20.9 Å². The highest BCUT2D eigenvalue weighted by Crippen LogP contribution is 2.13. The molecule has 2 rings (SSSR count). The number of carbonyl (C=O) groups excluding carboxylic acids is 1. The monoisotopic (exact) mass is 387 g/mol. The first-order chi connectivity index (χ1) is 13.4. The van der Waals surface area contributed by atoms with Gasteiger partial charge in [0.15, 0.2) is 5.96 Å². The summed E-state index contributed by atoms with van der Waals surface area (Å²) in [4.78, 5) is 19.2. The Balaban J connectivity index is 1.85. The van der Waals surface area contributed by atoms with Crippen LogP contribution >= 0.6 is 0 Å². The number of rotatable bonds is 7. The Morgan fingerprint density at radius 1 is 1.25 bits per heavy atom. The molecule has 0 aliphatic carbocycles. The summed E-state index contributed by atoms with van der Waals surface area (Å²) in [5.74, 6) is 0.799. The second-order valence-electron chi connectivity index (χ2n) is 7.96. The first-order valence-corrected chi connectivity index (χ1v) is 10.5. The average Bonchev–Trinajstić information content (AvgIpc) is 2.71. The molecule has 1 heterocycles. The van der Waals surface area contributed by atoms with Gasteiger partial charge in [0.2, 0.25) is 0 Å². The van der Waals surface area contributed by atoms with E-state index < -0.39 is 0 Å². The van der Waals surface area contributed by atoms with Gasteiger partial charge in [0.05, 0.1) is 0 Å². The number of likely N-dealkylation sites (tertiary alicyclic amines) is 1. The minimum Gasteiger partial charge on any atom is -0.354 e. The van der Waals surface area contributed by atoms with E-state index in [1.165, 1.54) is 0 Å². The van der Waals surface area contributed by atoms with Crippen LogP contribution in [0.1, 0.15) is 62.9 Å². The fourth-order valence-electron chi connectivity index (χ4n) is 3.37. The van der Waals surface area contributed by atoms with Gasteiger partial charge in [-0.05, 0) is 57.7 Å². The van der Waals surface area contributed by atoms with Crippen molar-refractivity contribution in [2.24, 2.45) is 4.99 Å². The average molecular weight is 388 g/mol. The zero-order valence-corrected chi connectivity index (χ0v) is 18.1. The van der Waals surface area contributed by atoms with Crippen molar-refractivity contribution in [1.29, 1.82) is 0 Å². The molecule has 0 saturated carbocycles. The number of hydrogen-bond donors (Lipinski definition) is 3. The molecule has 0 spiro atoms. The Hall–Kier alpha value is -2.08. The van der Waals surface area contributed by atoms with Gasteiger partial charge in [-0.2, -0.15) is 0 Å². The first kappa shape index (κ1) is 22.2. The predicted molar refractivity (Wildman–Crippen MR) is 117 cm³/mol. The minimum absolute atomic E-state index is 0.0179. The molecule has 1 saturated heterocycles. The smallest absolute Gasteiger partial charge is 0.251 e. The molecule has 1 unspecified atom stereocenters. The molecule has 1 aromatic carbocycles. The molecule has 1 aliphatic heterocycles. The molecule has 28 heavy (non-hydrogen) atoms. The Morgan fingerprint density at radius 3 is 2.57 bits per heavy atom. The van der Waals surface area contributed by atoms with Crippen LogP contribution in [0.15, 0.2) is 29.3 Å². The molecule has 6 heteroatoms. The van der Waals surface area contributed by atoms with E-state index in [1.54, 1.807) is 7.05 Å². The van der Waals surface area contributed by atoms with E-state index in [0.717, 1.165) is 43.9 Å². The highest BCUT2D eigenvalue weighted by Gasteiger charge is 2.21. The summed E-state index contributed by atoms with van der Waals surface area (Å²) in [6, 6.07) is 9.01. The van der Waals surface area contributed by atoms with Crippen molar-refractivity contribution in [3.8, 4) is 0 Å². The number of nitrogens with zero attached hydrogens (tertiary/aromatic N) is 2. The molecule has 3 N–H and O–H groups in total. The maximum Gasteiger partial charge on any atom is 0.251 e. The number of benzene rings is 1. The van der Waals surface area contributed by atoms with E-state index in [9.17, 15) is 4.79 Å². The lowest BCUT2D eigenvalue weighted by atomic mass is 10.0. The van der Waals surface area contributed by atoms with Crippen molar-refractivity contribution in [3.63, 3.8) is 0 Å². The quantitative estimate of drug-likeness (QED) is 0.497. The summed E-state index contributed by atoms with van der Waals surface area (Å²) in [7, 11) is 1.80. The number of nitrogens with one attached hydrogen (secondary N) is 3. The number of piperidine rings is 1. The molecule has 0 aromatic heterocycles. The third kappa shape index (κ3) is 6.82. The molecule has 0 bridgehead atoms. The van der Waals surface area contributed by atoms with Gasteiger partial charge < -0.3 is 20.9 Å². The van der Waals surface area contributed by atoms with Gasteiger partial charge in [0.1, 0.15) is 0 Å². The molecule has 0 radical (unpaired) electrons. The molecule has 6 nitrogen and oxygen atoms in total. The van der Waals surface area contributed by atoms with Crippen LogP contribution in [-0.4, -0.2) is 55.0 Å². The highest BCUT2D eigenvalue weighted by molar-refractivity contribution is 5.94. The molecule has 1 atom stereocenters. The largest absolute Gasteiger partial charge is 0.354 e. The Labute approximate surface area is 170 Å².